The minimum atomic E-state index is -1.36. The molecule has 0 radical (unpaired) electrons. The summed E-state index contributed by atoms with van der Waals surface area (Å²) in [6, 6.07) is 6.35. The van der Waals surface area contributed by atoms with Gasteiger partial charge in [0.25, 0.3) is 0 Å². The quantitative estimate of drug-likeness (QED) is 0.817. The van der Waals surface area contributed by atoms with E-state index in [1.54, 1.807) is 45.0 Å². The molecule has 0 spiro atoms. The fourth-order valence-electron chi connectivity index (χ4n) is 2.30. The van der Waals surface area contributed by atoms with Crippen molar-refractivity contribution in [3.63, 3.8) is 0 Å². The van der Waals surface area contributed by atoms with Crippen molar-refractivity contribution in [1.29, 1.82) is 0 Å². The zero-order chi connectivity index (χ0) is 14.6. The molecule has 1 aromatic rings. The molecule has 0 bridgehead atoms. The Balaban J connectivity index is 3.46. The largest absolute Gasteiger partial charge is 0.479 e. The normalized spacial score (nSPS) is 13.9. The second kappa shape index (κ2) is 6.06. The molecule has 1 amide bonds. The number of hydrogen-bond acceptors (Lipinski definition) is 2. The number of amides is 1. The molecule has 1 aromatic carbocycles. The molecule has 0 saturated heterocycles. The molecular weight excluding hydrogens is 266 g/mol. The van der Waals surface area contributed by atoms with Crippen LogP contribution in [0.4, 0.5) is 0 Å². The van der Waals surface area contributed by atoms with E-state index in [9.17, 15) is 14.7 Å². The molecule has 4 nitrogen and oxygen atoms in total. The monoisotopic (exact) mass is 283 g/mol. The highest BCUT2D eigenvalue weighted by molar-refractivity contribution is 6.30. The number of halogens is 1. The van der Waals surface area contributed by atoms with Gasteiger partial charge in [-0.3, -0.25) is 4.79 Å². The van der Waals surface area contributed by atoms with Crippen molar-refractivity contribution >= 4 is 24.0 Å². The van der Waals surface area contributed by atoms with Gasteiger partial charge in [-0.25, -0.2) is 4.79 Å². The maximum Gasteiger partial charge on any atom is 0.334 e. The molecule has 0 saturated carbocycles. The maximum absolute atomic E-state index is 11.8. The van der Waals surface area contributed by atoms with Crippen molar-refractivity contribution < 1.29 is 14.7 Å². The zero-order valence-corrected chi connectivity index (χ0v) is 12.0. The highest BCUT2D eigenvalue weighted by atomic mass is 35.5. The van der Waals surface area contributed by atoms with Gasteiger partial charge in [0.05, 0.1) is 0 Å². The van der Waals surface area contributed by atoms with Crippen LogP contribution in [0.1, 0.15) is 32.8 Å². The summed E-state index contributed by atoms with van der Waals surface area (Å²) in [4.78, 5) is 24.5. The van der Waals surface area contributed by atoms with E-state index in [1.165, 1.54) is 4.90 Å². The van der Waals surface area contributed by atoms with Crippen LogP contribution in [0.3, 0.4) is 0 Å². The average Bonchev–Trinajstić information content (AvgIpc) is 2.36. The Morgan fingerprint density at radius 2 is 1.95 bits per heavy atom. The predicted molar refractivity (Wildman–Crippen MR) is 74.1 cm³/mol. The number of rotatable bonds is 6. The molecule has 0 aliphatic rings. The first-order valence-electron chi connectivity index (χ1n) is 6.13. The summed E-state index contributed by atoms with van der Waals surface area (Å²) < 4.78 is 0. The molecule has 1 rings (SSSR count). The molecule has 1 unspecified atom stereocenters. The van der Waals surface area contributed by atoms with E-state index in [2.05, 4.69) is 0 Å². The van der Waals surface area contributed by atoms with Crippen molar-refractivity contribution in [3.8, 4) is 0 Å². The third-order valence-corrected chi connectivity index (χ3v) is 3.55. The van der Waals surface area contributed by atoms with Crippen LogP contribution in [0.2, 0.25) is 5.02 Å². The molecule has 19 heavy (non-hydrogen) atoms. The van der Waals surface area contributed by atoms with Gasteiger partial charge in [-0.1, -0.05) is 30.7 Å². The van der Waals surface area contributed by atoms with Crippen LogP contribution in [0.15, 0.2) is 24.3 Å². The van der Waals surface area contributed by atoms with Gasteiger partial charge in [-0.05, 0) is 38.0 Å². The maximum atomic E-state index is 11.8. The number of nitrogens with zero attached hydrogens (tertiary/aromatic N) is 1. The Kier molecular flexibility index (Phi) is 4.95. The second-order valence-corrected chi connectivity index (χ2v) is 5.07. The molecule has 0 aromatic heterocycles. The minimum absolute atomic E-state index is 0.218. The summed E-state index contributed by atoms with van der Waals surface area (Å²) >= 11 is 5.83. The van der Waals surface area contributed by atoms with E-state index in [1.807, 2.05) is 0 Å². The SMILES string of the molecule is CCC(C(=O)O)(c1ccc(Cl)cc1)N(C=O)C(C)C. The molecule has 0 fully saturated rings. The van der Waals surface area contributed by atoms with E-state index in [4.69, 9.17) is 11.6 Å². The van der Waals surface area contributed by atoms with Crippen molar-refractivity contribution in [2.75, 3.05) is 0 Å². The Morgan fingerprint density at radius 1 is 1.42 bits per heavy atom. The molecule has 104 valence electrons. The standard InChI is InChI=1S/C14H18ClNO3/c1-4-14(13(18)19,16(9-17)10(2)3)11-5-7-12(15)8-6-11/h5-10H,4H2,1-3H3,(H,18,19). The Bertz CT molecular complexity index is 458. The van der Waals surface area contributed by atoms with Crippen LogP contribution in [-0.2, 0) is 15.1 Å². The highest BCUT2D eigenvalue weighted by Crippen LogP contribution is 2.34. The van der Waals surface area contributed by atoms with Gasteiger partial charge >= 0.3 is 5.97 Å². The molecule has 0 aliphatic heterocycles. The van der Waals surface area contributed by atoms with E-state index in [-0.39, 0.29) is 12.5 Å². The molecule has 0 aliphatic carbocycles. The third kappa shape index (κ3) is 2.73. The smallest absolute Gasteiger partial charge is 0.334 e. The Labute approximate surface area is 118 Å². The summed E-state index contributed by atoms with van der Waals surface area (Å²) in [5.74, 6) is -1.04. The first-order valence-corrected chi connectivity index (χ1v) is 6.51. The molecular formula is C14H18ClNO3. The fraction of sp³-hybridized carbons (Fsp3) is 0.429. The lowest BCUT2D eigenvalue weighted by Gasteiger charge is -2.40. The number of carboxylic acid groups (broad SMARTS) is 1. The lowest BCUT2D eigenvalue weighted by molar-refractivity contribution is -0.158. The van der Waals surface area contributed by atoms with E-state index in [0.717, 1.165) is 0 Å². The molecule has 1 N–H and O–H groups in total. The minimum Gasteiger partial charge on any atom is -0.479 e. The van der Waals surface area contributed by atoms with Crippen LogP contribution in [0.25, 0.3) is 0 Å². The van der Waals surface area contributed by atoms with Crippen LogP contribution in [0, 0.1) is 0 Å². The highest BCUT2D eigenvalue weighted by Gasteiger charge is 2.45. The first-order chi connectivity index (χ1) is 8.90. The van der Waals surface area contributed by atoms with Crippen molar-refractivity contribution in [2.45, 2.75) is 38.8 Å². The van der Waals surface area contributed by atoms with E-state index >= 15 is 0 Å². The van der Waals surface area contributed by atoms with Gasteiger partial charge in [0.15, 0.2) is 5.54 Å². The van der Waals surface area contributed by atoms with Crippen LogP contribution in [-0.4, -0.2) is 28.4 Å². The van der Waals surface area contributed by atoms with Crippen LogP contribution >= 0.6 is 11.6 Å². The van der Waals surface area contributed by atoms with Crippen molar-refractivity contribution in [3.05, 3.63) is 34.9 Å². The van der Waals surface area contributed by atoms with Gasteiger partial charge in [0.1, 0.15) is 0 Å². The van der Waals surface area contributed by atoms with Crippen molar-refractivity contribution in [1.82, 2.24) is 4.90 Å². The van der Waals surface area contributed by atoms with Gasteiger partial charge in [-0.2, -0.15) is 0 Å². The van der Waals surface area contributed by atoms with Crippen LogP contribution in [0.5, 0.6) is 0 Å². The van der Waals surface area contributed by atoms with Gasteiger partial charge in [0, 0.05) is 11.1 Å². The Morgan fingerprint density at radius 3 is 2.26 bits per heavy atom. The molecule has 5 heteroatoms. The zero-order valence-electron chi connectivity index (χ0n) is 11.3. The van der Waals surface area contributed by atoms with Crippen LogP contribution < -0.4 is 0 Å². The molecule has 1 atom stereocenters. The lowest BCUT2D eigenvalue weighted by Crippen LogP contribution is -2.54. The number of aliphatic carboxylic acids is 1. The van der Waals surface area contributed by atoms with Gasteiger partial charge in [-0.15, -0.1) is 0 Å². The summed E-state index contributed by atoms with van der Waals surface area (Å²) in [6.07, 6.45) is 0.873. The topological polar surface area (TPSA) is 57.6 Å². The number of carboxylic acids is 1. The second-order valence-electron chi connectivity index (χ2n) is 4.63. The summed E-state index contributed by atoms with van der Waals surface area (Å²) in [5.41, 5.74) is -0.812. The first kappa shape index (κ1) is 15.5. The number of carbonyl (C=O) groups excluding carboxylic acids is 1. The number of carbonyl (C=O) groups is 2. The van der Waals surface area contributed by atoms with E-state index in [0.29, 0.717) is 17.0 Å². The fourth-order valence-corrected chi connectivity index (χ4v) is 2.42. The lowest BCUT2D eigenvalue weighted by atomic mass is 9.84. The number of hydrogen-bond donors (Lipinski definition) is 1. The number of benzene rings is 1. The average molecular weight is 284 g/mol. The Hall–Kier alpha value is -1.55. The summed E-state index contributed by atoms with van der Waals surface area (Å²) in [5, 5.41) is 10.2. The predicted octanol–water partition coefficient (Wildman–Crippen LogP) is 2.90. The summed E-state index contributed by atoms with van der Waals surface area (Å²) in [6.45, 7) is 5.33. The van der Waals surface area contributed by atoms with Gasteiger partial charge < -0.3 is 10.0 Å². The third-order valence-electron chi connectivity index (χ3n) is 3.30. The van der Waals surface area contributed by atoms with Crippen molar-refractivity contribution in [2.24, 2.45) is 0 Å². The van der Waals surface area contributed by atoms with Gasteiger partial charge in [0.2, 0.25) is 6.41 Å². The molecule has 0 heterocycles. The summed E-state index contributed by atoms with van der Waals surface area (Å²) in [7, 11) is 0. The van der Waals surface area contributed by atoms with E-state index < -0.39 is 11.5 Å².